The smallest absolute Gasteiger partial charge is 0.387 e. The van der Waals surface area contributed by atoms with Crippen molar-refractivity contribution in [3.63, 3.8) is 0 Å². The van der Waals surface area contributed by atoms with Crippen molar-refractivity contribution in [2.45, 2.75) is 37.8 Å². The van der Waals surface area contributed by atoms with Crippen LogP contribution < -0.4 is 9.47 Å². The average Bonchev–Trinajstić information content (AvgIpc) is 2.46. The second kappa shape index (κ2) is 6.67. The molecule has 0 N–H and O–H groups in total. The van der Waals surface area contributed by atoms with E-state index < -0.39 is 23.5 Å². The molecule has 1 aromatic carbocycles. The first kappa shape index (κ1) is 16.1. The Kier molecular flexibility index (Phi) is 4.89. The van der Waals surface area contributed by atoms with Crippen LogP contribution in [-0.2, 0) is 4.79 Å². The van der Waals surface area contributed by atoms with Crippen molar-refractivity contribution in [2.75, 3.05) is 7.11 Å². The first-order valence-electron chi connectivity index (χ1n) is 6.70. The summed E-state index contributed by atoms with van der Waals surface area (Å²) in [5.41, 5.74) is 0.422. The van der Waals surface area contributed by atoms with Crippen LogP contribution in [0.5, 0.6) is 11.5 Å². The Bertz CT molecular complexity index is 578. The first-order valence-corrected chi connectivity index (χ1v) is 6.70. The molecule has 0 saturated heterocycles. The zero-order valence-electron chi connectivity index (χ0n) is 11.8. The van der Waals surface area contributed by atoms with Crippen molar-refractivity contribution >= 4 is 5.78 Å². The fraction of sp³-hybridized carbons (Fsp3) is 0.500. The monoisotopic (exact) mass is 315 g/mol. The summed E-state index contributed by atoms with van der Waals surface area (Å²) in [6.45, 7) is -3.04. The van der Waals surface area contributed by atoms with Crippen LogP contribution in [0.25, 0.3) is 0 Å². The van der Waals surface area contributed by atoms with Crippen LogP contribution in [0.1, 0.15) is 30.7 Å². The van der Waals surface area contributed by atoms with Gasteiger partial charge in [0.15, 0.2) is 11.5 Å². The molecule has 2 atom stereocenters. The molecule has 0 bridgehead atoms. The fourth-order valence-electron chi connectivity index (χ4n) is 2.70. The highest BCUT2D eigenvalue weighted by atomic mass is 19.3. The van der Waals surface area contributed by atoms with Crippen molar-refractivity contribution in [2.24, 2.45) is 0 Å². The van der Waals surface area contributed by atoms with Crippen molar-refractivity contribution in [3.05, 3.63) is 33.9 Å². The van der Waals surface area contributed by atoms with Crippen molar-refractivity contribution in [1.29, 1.82) is 0 Å². The molecule has 6 nitrogen and oxygen atoms in total. The van der Waals surface area contributed by atoms with Crippen LogP contribution in [0.2, 0.25) is 0 Å². The second-order valence-electron chi connectivity index (χ2n) is 5.03. The Morgan fingerprint density at radius 1 is 1.36 bits per heavy atom. The summed E-state index contributed by atoms with van der Waals surface area (Å²) >= 11 is 0. The van der Waals surface area contributed by atoms with E-state index in [9.17, 15) is 23.7 Å². The minimum absolute atomic E-state index is 0.0199. The summed E-state index contributed by atoms with van der Waals surface area (Å²) in [6, 6.07) is 3.32. The Hall–Kier alpha value is -2.25. The summed E-state index contributed by atoms with van der Waals surface area (Å²) in [5.74, 6) is -0.823. The van der Waals surface area contributed by atoms with Crippen molar-refractivity contribution < 1.29 is 28.0 Å². The topological polar surface area (TPSA) is 78.7 Å². The highest BCUT2D eigenvalue weighted by molar-refractivity contribution is 5.80. The molecule has 2 rings (SSSR count). The largest absolute Gasteiger partial charge is 0.493 e. The van der Waals surface area contributed by atoms with Crippen LogP contribution >= 0.6 is 0 Å². The third-order valence-corrected chi connectivity index (χ3v) is 3.73. The maximum absolute atomic E-state index is 12.4. The lowest BCUT2D eigenvalue weighted by Crippen LogP contribution is -2.34. The van der Waals surface area contributed by atoms with E-state index >= 15 is 0 Å². The number of hydrogen-bond acceptors (Lipinski definition) is 5. The summed E-state index contributed by atoms with van der Waals surface area (Å²) in [5, 5.41) is 11.1. The van der Waals surface area contributed by atoms with Crippen LogP contribution in [0.3, 0.4) is 0 Å². The highest BCUT2D eigenvalue weighted by Crippen LogP contribution is 2.38. The Morgan fingerprint density at radius 2 is 2.09 bits per heavy atom. The molecule has 1 saturated carbocycles. The number of nitro groups is 1. The first-order chi connectivity index (χ1) is 10.4. The van der Waals surface area contributed by atoms with Crippen LogP contribution in [0.4, 0.5) is 8.78 Å². The summed E-state index contributed by atoms with van der Waals surface area (Å²) in [4.78, 5) is 22.3. The van der Waals surface area contributed by atoms with E-state index in [1.54, 1.807) is 0 Å². The van der Waals surface area contributed by atoms with Gasteiger partial charge in [-0.05, 0) is 17.7 Å². The lowest BCUT2D eigenvalue weighted by Gasteiger charge is -2.25. The van der Waals surface area contributed by atoms with Gasteiger partial charge < -0.3 is 9.47 Å². The van der Waals surface area contributed by atoms with E-state index in [1.165, 1.54) is 25.3 Å². The molecular formula is C14H15F2NO5. The minimum atomic E-state index is -3.04. The zero-order valence-corrected chi connectivity index (χ0v) is 11.8. The third-order valence-electron chi connectivity index (χ3n) is 3.73. The van der Waals surface area contributed by atoms with Crippen LogP contribution in [0.15, 0.2) is 18.2 Å². The van der Waals surface area contributed by atoms with Crippen molar-refractivity contribution in [1.82, 2.24) is 0 Å². The van der Waals surface area contributed by atoms with E-state index in [0.717, 1.165) is 0 Å². The number of carbonyl (C=O) groups is 1. The minimum Gasteiger partial charge on any atom is -0.493 e. The maximum Gasteiger partial charge on any atom is 0.387 e. The molecular weight excluding hydrogens is 300 g/mol. The molecule has 1 fully saturated rings. The van der Waals surface area contributed by atoms with Crippen LogP contribution in [0, 0.1) is 10.1 Å². The number of halogens is 2. The molecule has 0 heterocycles. The molecule has 0 spiro atoms. The molecule has 0 radical (unpaired) electrons. The highest BCUT2D eigenvalue weighted by Gasteiger charge is 2.38. The molecule has 0 aliphatic heterocycles. The van der Waals surface area contributed by atoms with Gasteiger partial charge in [-0.15, -0.1) is 0 Å². The van der Waals surface area contributed by atoms with Crippen LogP contribution in [-0.4, -0.2) is 30.5 Å². The number of rotatable bonds is 5. The third kappa shape index (κ3) is 3.49. The molecule has 0 aromatic heterocycles. The molecule has 1 aliphatic carbocycles. The Balaban J connectivity index is 2.36. The molecule has 2 unspecified atom stereocenters. The van der Waals surface area contributed by atoms with E-state index in [0.29, 0.717) is 5.56 Å². The van der Waals surface area contributed by atoms with Gasteiger partial charge in [0, 0.05) is 24.2 Å². The lowest BCUT2D eigenvalue weighted by atomic mass is 9.79. The van der Waals surface area contributed by atoms with Gasteiger partial charge in [0.05, 0.1) is 13.0 Å². The molecule has 0 amide bonds. The van der Waals surface area contributed by atoms with E-state index in [2.05, 4.69) is 4.74 Å². The molecule has 1 aromatic rings. The number of alkyl halides is 2. The number of carbonyl (C=O) groups excluding carboxylic acids is 1. The van der Waals surface area contributed by atoms with Gasteiger partial charge in [-0.3, -0.25) is 14.9 Å². The Labute approximate surface area is 125 Å². The average molecular weight is 315 g/mol. The quantitative estimate of drug-likeness (QED) is 0.616. The zero-order chi connectivity index (χ0) is 16.3. The van der Waals surface area contributed by atoms with Gasteiger partial charge >= 0.3 is 6.61 Å². The predicted molar refractivity (Wildman–Crippen MR) is 72.0 cm³/mol. The molecule has 22 heavy (non-hydrogen) atoms. The molecule has 120 valence electrons. The molecule has 1 aliphatic rings. The summed E-state index contributed by atoms with van der Waals surface area (Å²) in [6.07, 6.45) is 0.332. The number of ether oxygens (including phenoxy) is 2. The van der Waals surface area contributed by atoms with E-state index in [1.807, 2.05) is 0 Å². The van der Waals surface area contributed by atoms with Gasteiger partial charge in [0.25, 0.3) is 0 Å². The predicted octanol–water partition coefficient (Wildman–Crippen LogP) is 2.78. The summed E-state index contributed by atoms with van der Waals surface area (Å²) < 4.78 is 34.2. The number of nitrogens with zero attached hydrogens (tertiary/aromatic N) is 1. The normalized spacial score (nSPS) is 21.7. The fourth-order valence-corrected chi connectivity index (χ4v) is 2.70. The van der Waals surface area contributed by atoms with Gasteiger partial charge in [0.2, 0.25) is 6.04 Å². The van der Waals surface area contributed by atoms with E-state index in [4.69, 9.17) is 4.74 Å². The van der Waals surface area contributed by atoms with Gasteiger partial charge in [-0.2, -0.15) is 8.78 Å². The Morgan fingerprint density at radius 3 is 2.68 bits per heavy atom. The SMILES string of the molecule is COc1ccc(C2CC(=O)CCC2[N+](=O)[O-])cc1OC(F)F. The standard InChI is InChI=1S/C14H15F2NO5/c1-21-12-5-2-8(6-13(12)22-14(15)16)10-7-9(18)3-4-11(10)17(19)20/h2,5-6,10-11,14H,3-4,7H2,1H3. The maximum atomic E-state index is 12.4. The number of hydrogen-bond donors (Lipinski definition) is 0. The van der Waals surface area contributed by atoms with Gasteiger partial charge in [-0.1, -0.05) is 6.07 Å². The van der Waals surface area contributed by atoms with E-state index in [-0.39, 0.29) is 36.5 Å². The lowest BCUT2D eigenvalue weighted by molar-refractivity contribution is -0.528. The van der Waals surface area contributed by atoms with Gasteiger partial charge in [0.1, 0.15) is 5.78 Å². The number of ketones is 1. The number of benzene rings is 1. The summed E-state index contributed by atoms with van der Waals surface area (Å²) in [7, 11) is 1.30. The number of methoxy groups -OCH3 is 1. The second-order valence-corrected chi connectivity index (χ2v) is 5.03. The molecule has 8 heteroatoms. The number of Topliss-reactive ketones (excluding diaryl/α,β-unsaturated/α-hetero) is 1. The van der Waals surface area contributed by atoms with Gasteiger partial charge in [-0.25, -0.2) is 0 Å². The van der Waals surface area contributed by atoms with Crippen molar-refractivity contribution in [3.8, 4) is 11.5 Å².